The van der Waals surface area contributed by atoms with Gasteiger partial charge in [-0.1, -0.05) is 48.0 Å². The zero-order valence-corrected chi connectivity index (χ0v) is 16.0. The maximum Gasteiger partial charge on any atom is 0.0406 e. The van der Waals surface area contributed by atoms with Crippen LogP contribution in [0, 0.1) is 0 Å². The second-order valence-corrected chi connectivity index (χ2v) is 7.24. The van der Waals surface area contributed by atoms with Crippen molar-refractivity contribution in [3.63, 3.8) is 0 Å². The van der Waals surface area contributed by atoms with Crippen molar-refractivity contribution in [3.8, 4) is 11.1 Å². The Hall–Kier alpha value is -1.35. The van der Waals surface area contributed by atoms with E-state index in [4.69, 9.17) is 11.6 Å². The van der Waals surface area contributed by atoms with Gasteiger partial charge in [0.15, 0.2) is 0 Å². The van der Waals surface area contributed by atoms with Crippen LogP contribution in [0.3, 0.4) is 0 Å². The Morgan fingerprint density at radius 2 is 1.33 bits per heavy atom. The molecular weight excluding hydrogens is 316 g/mol. The van der Waals surface area contributed by atoms with Crippen LogP contribution in [0.15, 0.2) is 48.5 Å². The van der Waals surface area contributed by atoms with E-state index < -0.39 is 0 Å². The molecule has 3 heteroatoms. The molecule has 0 amide bonds. The Balaban J connectivity index is 1.83. The van der Waals surface area contributed by atoms with Crippen molar-refractivity contribution in [2.45, 2.75) is 46.3 Å². The van der Waals surface area contributed by atoms with Crippen LogP contribution < -0.4 is 5.32 Å². The quantitative estimate of drug-likeness (QED) is 0.661. The van der Waals surface area contributed by atoms with E-state index in [0.29, 0.717) is 12.1 Å². The molecule has 0 radical (unpaired) electrons. The van der Waals surface area contributed by atoms with Crippen molar-refractivity contribution >= 4 is 11.6 Å². The van der Waals surface area contributed by atoms with Crippen LogP contribution in [-0.4, -0.2) is 30.1 Å². The predicted molar refractivity (Wildman–Crippen MR) is 106 cm³/mol. The molecule has 0 fully saturated rings. The molecule has 0 bridgehead atoms. The van der Waals surface area contributed by atoms with E-state index in [0.717, 1.165) is 24.7 Å². The van der Waals surface area contributed by atoms with E-state index >= 15 is 0 Å². The lowest BCUT2D eigenvalue weighted by atomic mass is 10.0. The molecule has 0 aromatic heterocycles. The molecule has 130 valence electrons. The molecule has 0 spiro atoms. The monoisotopic (exact) mass is 344 g/mol. The summed E-state index contributed by atoms with van der Waals surface area (Å²) in [7, 11) is 0. The summed E-state index contributed by atoms with van der Waals surface area (Å²) in [6, 6.07) is 17.9. The number of nitrogens with one attached hydrogen (secondary N) is 1. The molecule has 0 aliphatic carbocycles. The smallest absolute Gasteiger partial charge is 0.0406 e. The summed E-state index contributed by atoms with van der Waals surface area (Å²) in [5.41, 5.74) is 3.73. The van der Waals surface area contributed by atoms with Crippen LogP contribution in [0.25, 0.3) is 11.1 Å². The third-order valence-electron chi connectivity index (χ3n) is 4.33. The Kier molecular flexibility index (Phi) is 7.29. The molecule has 0 saturated heterocycles. The number of hydrogen-bond donors (Lipinski definition) is 1. The minimum atomic E-state index is 0.588. The van der Waals surface area contributed by atoms with Crippen LogP contribution in [0.2, 0.25) is 5.02 Å². The fourth-order valence-electron chi connectivity index (χ4n) is 3.01. The second-order valence-electron chi connectivity index (χ2n) is 6.81. The lowest BCUT2D eigenvalue weighted by Crippen LogP contribution is -2.41. The van der Waals surface area contributed by atoms with Crippen molar-refractivity contribution < 1.29 is 0 Å². The second kappa shape index (κ2) is 9.22. The van der Waals surface area contributed by atoms with Gasteiger partial charge in [-0.25, -0.2) is 0 Å². The summed E-state index contributed by atoms with van der Waals surface area (Å²) >= 11 is 5.94. The number of rotatable bonds is 8. The van der Waals surface area contributed by atoms with E-state index in [1.54, 1.807) is 0 Å². The lowest BCUT2D eigenvalue weighted by Gasteiger charge is -2.30. The van der Waals surface area contributed by atoms with Crippen LogP contribution in [-0.2, 0) is 6.54 Å². The highest BCUT2D eigenvalue weighted by Crippen LogP contribution is 2.21. The lowest BCUT2D eigenvalue weighted by molar-refractivity contribution is 0.176. The van der Waals surface area contributed by atoms with Gasteiger partial charge in [0.1, 0.15) is 0 Å². The van der Waals surface area contributed by atoms with E-state index in [1.807, 2.05) is 12.1 Å². The van der Waals surface area contributed by atoms with Crippen molar-refractivity contribution in [1.29, 1.82) is 0 Å². The van der Waals surface area contributed by atoms with Gasteiger partial charge >= 0.3 is 0 Å². The normalized spacial score (nSPS) is 11.7. The van der Waals surface area contributed by atoms with Gasteiger partial charge in [-0.2, -0.15) is 0 Å². The van der Waals surface area contributed by atoms with Crippen LogP contribution >= 0.6 is 11.6 Å². The first kappa shape index (κ1) is 19.0. The van der Waals surface area contributed by atoms with E-state index in [1.165, 1.54) is 16.7 Å². The molecule has 0 aliphatic heterocycles. The van der Waals surface area contributed by atoms with E-state index in [2.05, 4.69) is 74.3 Å². The van der Waals surface area contributed by atoms with Crippen molar-refractivity contribution in [2.75, 3.05) is 13.1 Å². The molecule has 2 aromatic rings. The summed E-state index contributed by atoms with van der Waals surface area (Å²) in [6.07, 6.45) is 0. The van der Waals surface area contributed by atoms with E-state index in [-0.39, 0.29) is 0 Å². The first-order valence-electron chi connectivity index (χ1n) is 8.78. The molecule has 2 aromatic carbocycles. The Morgan fingerprint density at radius 1 is 0.833 bits per heavy atom. The molecule has 0 unspecified atom stereocenters. The van der Waals surface area contributed by atoms with Gasteiger partial charge in [0, 0.05) is 36.7 Å². The largest absolute Gasteiger partial charge is 0.311 e. The molecule has 0 aliphatic rings. The maximum absolute atomic E-state index is 5.94. The maximum atomic E-state index is 5.94. The average Bonchev–Trinajstić information content (AvgIpc) is 2.55. The first-order chi connectivity index (χ1) is 11.5. The summed E-state index contributed by atoms with van der Waals surface area (Å²) in [5, 5.41) is 4.32. The van der Waals surface area contributed by atoms with E-state index in [9.17, 15) is 0 Å². The summed E-state index contributed by atoms with van der Waals surface area (Å²) in [6.45, 7) is 12.0. The van der Waals surface area contributed by atoms with Crippen molar-refractivity contribution in [1.82, 2.24) is 10.2 Å². The molecule has 0 heterocycles. The summed E-state index contributed by atoms with van der Waals surface area (Å²) < 4.78 is 0. The van der Waals surface area contributed by atoms with Gasteiger partial charge in [0.25, 0.3) is 0 Å². The number of benzene rings is 2. The topological polar surface area (TPSA) is 15.3 Å². The highest BCUT2D eigenvalue weighted by molar-refractivity contribution is 6.30. The third kappa shape index (κ3) is 5.62. The van der Waals surface area contributed by atoms with Crippen LogP contribution in [0.4, 0.5) is 0 Å². The molecular formula is C21H29ClN2. The fraction of sp³-hybridized carbons (Fsp3) is 0.429. The summed E-state index contributed by atoms with van der Waals surface area (Å²) in [5.74, 6) is 0. The predicted octanol–water partition coefficient (Wildman–Crippen LogP) is 5.22. The SMILES string of the molecule is CC(C)N(CCNCc1ccc(-c2ccc(Cl)cc2)cc1)C(C)C. The minimum absolute atomic E-state index is 0.588. The highest BCUT2D eigenvalue weighted by atomic mass is 35.5. The molecule has 1 N–H and O–H groups in total. The summed E-state index contributed by atoms with van der Waals surface area (Å²) in [4.78, 5) is 2.51. The van der Waals surface area contributed by atoms with Gasteiger partial charge in [0.2, 0.25) is 0 Å². The first-order valence-corrected chi connectivity index (χ1v) is 9.16. The van der Waals surface area contributed by atoms with Gasteiger partial charge in [-0.05, 0) is 56.5 Å². The standard InChI is InChI=1S/C21H29ClN2/c1-16(2)24(17(3)4)14-13-23-15-18-5-7-19(8-6-18)20-9-11-21(22)12-10-20/h5-12,16-17,23H,13-15H2,1-4H3. The fourth-order valence-corrected chi connectivity index (χ4v) is 3.14. The molecule has 0 saturated carbocycles. The van der Waals surface area contributed by atoms with Crippen LogP contribution in [0.5, 0.6) is 0 Å². The van der Waals surface area contributed by atoms with Gasteiger partial charge in [-0.3, -0.25) is 4.90 Å². The average molecular weight is 345 g/mol. The Bertz CT molecular complexity index is 595. The molecule has 24 heavy (non-hydrogen) atoms. The minimum Gasteiger partial charge on any atom is -0.311 e. The Morgan fingerprint density at radius 3 is 1.83 bits per heavy atom. The molecule has 2 rings (SSSR count). The van der Waals surface area contributed by atoms with Crippen molar-refractivity contribution in [2.24, 2.45) is 0 Å². The number of hydrogen-bond acceptors (Lipinski definition) is 2. The number of nitrogens with zero attached hydrogens (tertiary/aromatic N) is 1. The van der Waals surface area contributed by atoms with Gasteiger partial charge in [0.05, 0.1) is 0 Å². The zero-order chi connectivity index (χ0) is 17.5. The highest BCUT2D eigenvalue weighted by Gasteiger charge is 2.12. The molecule has 0 atom stereocenters. The third-order valence-corrected chi connectivity index (χ3v) is 4.59. The van der Waals surface area contributed by atoms with Crippen LogP contribution in [0.1, 0.15) is 33.3 Å². The molecule has 2 nitrogen and oxygen atoms in total. The van der Waals surface area contributed by atoms with Gasteiger partial charge < -0.3 is 5.32 Å². The Labute approximate surface area is 151 Å². The number of halogens is 1. The van der Waals surface area contributed by atoms with Gasteiger partial charge in [-0.15, -0.1) is 0 Å². The zero-order valence-electron chi connectivity index (χ0n) is 15.2. The van der Waals surface area contributed by atoms with Crippen molar-refractivity contribution in [3.05, 3.63) is 59.1 Å².